The van der Waals surface area contributed by atoms with Gasteiger partial charge in [-0.3, -0.25) is 4.79 Å². The van der Waals surface area contributed by atoms with E-state index < -0.39 is 11.4 Å². The lowest BCUT2D eigenvalue weighted by molar-refractivity contribution is 0.0695. The predicted octanol–water partition coefficient (Wildman–Crippen LogP) is 2.11. The highest BCUT2D eigenvalue weighted by molar-refractivity contribution is 5.93. The molecule has 0 unspecified atom stereocenters. The molecule has 1 aromatic carbocycles. The molecule has 0 aliphatic carbocycles. The summed E-state index contributed by atoms with van der Waals surface area (Å²) in [5.41, 5.74) is 0.942. The largest absolute Gasteiger partial charge is 0.477 e. The van der Waals surface area contributed by atoms with Gasteiger partial charge in [0.15, 0.2) is 0 Å². The van der Waals surface area contributed by atoms with E-state index in [1.54, 1.807) is 16.7 Å². The van der Waals surface area contributed by atoms with Gasteiger partial charge in [-0.25, -0.2) is 4.79 Å². The molecule has 0 saturated heterocycles. The summed E-state index contributed by atoms with van der Waals surface area (Å²) in [6.07, 6.45) is 2.77. The molecule has 0 aliphatic heterocycles. The Labute approximate surface area is 97.4 Å². The SMILES string of the molecule is C=Cn1cc(C(=O)O)c(=O)c2ccc(C)cc21. The van der Waals surface area contributed by atoms with Crippen LogP contribution in [0.2, 0.25) is 0 Å². The fourth-order valence-electron chi connectivity index (χ4n) is 1.76. The Bertz CT molecular complexity index is 683. The van der Waals surface area contributed by atoms with Crippen LogP contribution in [-0.2, 0) is 0 Å². The second-order valence-electron chi connectivity index (χ2n) is 3.79. The zero-order valence-electron chi connectivity index (χ0n) is 9.30. The molecule has 17 heavy (non-hydrogen) atoms. The average molecular weight is 229 g/mol. The monoisotopic (exact) mass is 229 g/mol. The van der Waals surface area contributed by atoms with E-state index in [2.05, 4.69) is 6.58 Å². The topological polar surface area (TPSA) is 59.3 Å². The number of pyridine rings is 1. The first kappa shape index (κ1) is 11.1. The summed E-state index contributed by atoms with van der Waals surface area (Å²) < 4.78 is 1.55. The summed E-state index contributed by atoms with van der Waals surface area (Å²) in [5, 5.41) is 9.34. The van der Waals surface area contributed by atoms with Crippen LogP contribution in [0, 0.1) is 6.92 Å². The number of aromatic carboxylic acids is 1. The Morgan fingerprint density at radius 2 is 2.18 bits per heavy atom. The quantitative estimate of drug-likeness (QED) is 0.857. The normalized spacial score (nSPS) is 10.4. The van der Waals surface area contributed by atoms with Crippen LogP contribution in [-0.4, -0.2) is 15.6 Å². The molecule has 86 valence electrons. The van der Waals surface area contributed by atoms with Crippen LogP contribution in [0.15, 0.2) is 35.8 Å². The first-order valence-corrected chi connectivity index (χ1v) is 5.06. The van der Waals surface area contributed by atoms with Gasteiger partial charge in [-0.1, -0.05) is 12.6 Å². The zero-order valence-corrected chi connectivity index (χ0v) is 9.30. The molecular weight excluding hydrogens is 218 g/mol. The smallest absolute Gasteiger partial charge is 0.341 e. The summed E-state index contributed by atoms with van der Waals surface area (Å²) in [6.45, 7) is 5.51. The third kappa shape index (κ3) is 1.73. The first-order chi connectivity index (χ1) is 8.04. The molecule has 2 rings (SSSR count). The molecule has 0 amide bonds. The Morgan fingerprint density at radius 1 is 1.47 bits per heavy atom. The summed E-state index contributed by atoms with van der Waals surface area (Å²) in [6, 6.07) is 5.24. The summed E-state index contributed by atoms with van der Waals surface area (Å²) in [5.74, 6) is -1.23. The van der Waals surface area contributed by atoms with Gasteiger partial charge in [-0.15, -0.1) is 0 Å². The van der Waals surface area contributed by atoms with Crippen molar-refractivity contribution in [3.63, 3.8) is 0 Å². The summed E-state index contributed by atoms with van der Waals surface area (Å²) >= 11 is 0. The van der Waals surface area contributed by atoms with Crippen molar-refractivity contribution in [2.24, 2.45) is 0 Å². The number of hydrogen-bond acceptors (Lipinski definition) is 2. The van der Waals surface area contributed by atoms with E-state index in [0.717, 1.165) is 5.56 Å². The van der Waals surface area contributed by atoms with Crippen molar-refractivity contribution in [2.75, 3.05) is 0 Å². The number of carbonyl (C=O) groups is 1. The molecule has 4 heteroatoms. The maximum atomic E-state index is 11.9. The van der Waals surface area contributed by atoms with Crippen molar-refractivity contribution in [1.82, 2.24) is 4.57 Å². The van der Waals surface area contributed by atoms with Gasteiger partial charge in [0.25, 0.3) is 0 Å². The van der Waals surface area contributed by atoms with E-state index in [9.17, 15) is 9.59 Å². The number of carboxylic acid groups (broad SMARTS) is 1. The maximum Gasteiger partial charge on any atom is 0.341 e. The van der Waals surface area contributed by atoms with Crippen LogP contribution >= 0.6 is 0 Å². The third-order valence-electron chi connectivity index (χ3n) is 2.62. The van der Waals surface area contributed by atoms with E-state index in [1.165, 1.54) is 12.4 Å². The Morgan fingerprint density at radius 3 is 2.76 bits per heavy atom. The van der Waals surface area contributed by atoms with E-state index in [0.29, 0.717) is 10.9 Å². The molecule has 1 heterocycles. The zero-order chi connectivity index (χ0) is 12.6. The lowest BCUT2D eigenvalue weighted by Crippen LogP contribution is -2.17. The minimum Gasteiger partial charge on any atom is -0.477 e. The molecule has 0 bridgehead atoms. The highest BCUT2D eigenvalue weighted by atomic mass is 16.4. The minimum atomic E-state index is -1.23. The van der Waals surface area contributed by atoms with Crippen molar-refractivity contribution >= 4 is 23.1 Å². The van der Waals surface area contributed by atoms with Crippen LogP contribution in [0.1, 0.15) is 15.9 Å². The third-order valence-corrected chi connectivity index (χ3v) is 2.62. The van der Waals surface area contributed by atoms with Gasteiger partial charge < -0.3 is 9.67 Å². The minimum absolute atomic E-state index is 0.249. The molecule has 1 N–H and O–H groups in total. The number of benzene rings is 1. The number of hydrogen-bond donors (Lipinski definition) is 1. The van der Waals surface area contributed by atoms with Crippen LogP contribution < -0.4 is 5.43 Å². The maximum absolute atomic E-state index is 11.9. The van der Waals surface area contributed by atoms with Gasteiger partial charge in [-0.05, 0) is 24.6 Å². The highest BCUT2D eigenvalue weighted by Gasteiger charge is 2.13. The van der Waals surface area contributed by atoms with Gasteiger partial charge in [0.1, 0.15) is 5.56 Å². The second-order valence-corrected chi connectivity index (χ2v) is 3.79. The standard InChI is InChI=1S/C13H11NO3/c1-3-14-7-10(13(16)17)12(15)9-5-4-8(2)6-11(9)14/h3-7H,1H2,2H3,(H,16,17). The number of fused-ring (bicyclic) bond motifs is 1. The number of aryl methyl sites for hydroxylation is 1. The molecule has 4 nitrogen and oxygen atoms in total. The Kier molecular flexibility index (Phi) is 2.55. The first-order valence-electron chi connectivity index (χ1n) is 5.06. The lowest BCUT2D eigenvalue weighted by Gasteiger charge is -2.08. The van der Waals surface area contributed by atoms with Crippen molar-refractivity contribution in [1.29, 1.82) is 0 Å². The highest BCUT2D eigenvalue weighted by Crippen LogP contribution is 2.14. The van der Waals surface area contributed by atoms with Crippen LogP contribution in [0.3, 0.4) is 0 Å². The predicted molar refractivity (Wildman–Crippen MR) is 66.3 cm³/mol. The van der Waals surface area contributed by atoms with E-state index in [-0.39, 0.29) is 5.56 Å². The molecule has 0 radical (unpaired) electrons. The Balaban J connectivity index is 3.00. The molecule has 0 aliphatic rings. The van der Waals surface area contributed by atoms with Gasteiger partial charge in [-0.2, -0.15) is 0 Å². The fourth-order valence-corrected chi connectivity index (χ4v) is 1.76. The summed E-state index contributed by atoms with van der Waals surface area (Å²) in [4.78, 5) is 22.9. The molecule has 1 aromatic heterocycles. The number of rotatable bonds is 2. The molecule has 0 spiro atoms. The van der Waals surface area contributed by atoms with E-state index in [1.807, 2.05) is 13.0 Å². The van der Waals surface area contributed by atoms with Gasteiger partial charge in [0.05, 0.1) is 5.52 Å². The van der Waals surface area contributed by atoms with Crippen molar-refractivity contribution in [2.45, 2.75) is 6.92 Å². The van der Waals surface area contributed by atoms with E-state index in [4.69, 9.17) is 5.11 Å². The molecular formula is C13H11NO3. The van der Waals surface area contributed by atoms with E-state index >= 15 is 0 Å². The number of aromatic nitrogens is 1. The van der Waals surface area contributed by atoms with Crippen molar-refractivity contribution in [3.8, 4) is 0 Å². The summed E-state index contributed by atoms with van der Waals surface area (Å²) in [7, 11) is 0. The Hall–Kier alpha value is -2.36. The van der Waals surface area contributed by atoms with Crippen LogP contribution in [0.5, 0.6) is 0 Å². The van der Waals surface area contributed by atoms with Gasteiger partial charge >= 0.3 is 5.97 Å². The van der Waals surface area contributed by atoms with Crippen LogP contribution in [0.25, 0.3) is 17.1 Å². The molecule has 0 atom stereocenters. The van der Waals surface area contributed by atoms with Gasteiger partial charge in [0, 0.05) is 17.8 Å². The molecule has 0 fully saturated rings. The molecule has 0 saturated carbocycles. The lowest BCUT2D eigenvalue weighted by atomic mass is 10.1. The van der Waals surface area contributed by atoms with Crippen LogP contribution in [0.4, 0.5) is 0 Å². The fraction of sp³-hybridized carbons (Fsp3) is 0.0769. The number of nitrogens with zero attached hydrogens (tertiary/aromatic N) is 1. The second kappa shape index (κ2) is 3.90. The van der Waals surface area contributed by atoms with Crippen molar-refractivity contribution < 1.29 is 9.90 Å². The van der Waals surface area contributed by atoms with Crippen molar-refractivity contribution in [3.05, 3.63) is 52.3 Å². The average Bonchev–Trinajstić information content (AvgIpc) is 2.29. The van der Waals surface area contributed by atoms with Gasteiger partial charge in [0.2, 0.25) is 5.43 Å². The molecule has 2 aromatic rings. The number of carboxylic acids is 1.